The van der Waals surface area contributed by atoms with Crippen molar-refractivity contribution in [3.05, 3.63) is 35.9 Å². The smallest absolute Gasteiger partial charge is 0.242 e. The molecule has 2 aliphatic rings. The Morgan fingerprint density at radius 1 is 1.18 bits per heavy atom. The molecule has 2 atom stereocenters. The summed E-state index contributed by atoms with van der Waals surface area (Å²) in [5, 5.41) is 6.54. The molecule has 0 bridgehead atoms. The zero-order chi connectivity index (χ0) is 14.7. The molecule has 2 unspecified atom stereocenters. The maximum absolute atomic E-state index is 12.7. The first-order chi connectivity index (χ1) is 10.3. The van der Waals surface area contributed by atoms with Gasteiger partial charge in [0.1, 0.15) is 6.04 Å². The Morgan fingerprint density at radius 3 is 2.55 bits per heavy atom. The number of piperidine rings is 1. The number of likely N-dealkylation sites (N-methyl/N-ethyl adjacent to an activating group) is 1. The third-order valence-electron chi connectivity index (χ3n) is 4.51. The Labute approximate surface area is 139 Å². The van der Waals surface area contributed by atoms with E-state index in [2.05, 4.69) is 27.7 Å². The SMILES string of the molecule is CNC1CCCN(C(C(=O)NC2CC2)c2ccccc2)C1.Cl. The van der Waals surface area contributed by atoms with Crippen molar-refractivity contribution in [3.63, 3.8) is 0 Å². The van der Waals surface area contributed by atoms with Gasteiger partial charge in [0.15, 0.2) is 0 Å². The summed E-state index contributed by atoms with van der Waals surface area (Å²) in [6.45, 7) is 1.93. The summed E-state index contributed by atoms with van der Waals surface area (Å²) in [6, 6.07) is 10.9. The lowest BCUT2D eigenvalue weighted by atomic mass is 9.98. The highest BCUT2D eigenvalue weighted by Gasteiger charge is 2.34. The molecule has 1 aromatic carbocycles. The van der Waals surface area contributed by atoms with Crippen LogP contribution in [-0.4, -0.2) is 43.0 Å². The summed E-state index contributed by atoms with van der Waals surface area (Å²) in [4.78, 5) is 15.0. The van der Waals surface area contributed by atoms with Gasteiger partial charge in [0, 0.05) is 18.6 Å². The molecular weight excluding hydrogens is 298 g/mol. The average molecular weight is 324 g/mol. The van der Waals surface area contributed by atoms with Crippen molar-refractivity contribution < 1.29 is 4.79 Å². The van der Waals surface area contributed by atoms with Crippen LogP contribution in [0.4, 0.5) is 0 Å². The molecule has 1 amide bonds. The second kappa shape index (κ2) is 7.95. The molecule has 1 saturated carbocycles. The van der Waals surface area contributed by atoms with Crippen LogP contribution in [0.2, 0.25) is 0 Å². The van der Waals surface area contributed by atoms with E-state index in [1.165, 1.54) is 6.42 Å². The molecule has 0 radical (unpaired) electrons. The van der Waals surface area contributed by atoms with Gasteiger partial charge in [-0.2, -0.15) is 0 Å². The standard InChI is InChI=1S/C17H25N3O.ClH/c1-18-15-8-5-11-20(12-15)16(13-6-3-2-4-7-13)17(21)19-14-9-10-14;/h2-4,6-7,14-16,18H,5,8-12H2,1H3,(H,19,21);1H. The van der Waals surface area contributed by atoms with Gasteiger partial charge in [-0.05, 0) is 44.8 Å². The minimum atomic E-state index is -0.150. The van der Waals surface area contributed by atoms with Crippen molar-refractivity contribution >= 4 is 18.3 Å². The zero-order valence-corrected chi connectivity index (χ0v) is 13.9. The van der Waals surface area contributed by atoms with Crippen LogP contribution >= 0.6 is 12.4 Å². The molecule has 1 aliphatic heterocycles. The Balaban J connectivity index is 0.00000176. The summed E-state index contributed by atoms with van der Waals surface area (Å²) < 4.78 is 0. The van der Waals surface area contributed by atoms with E-state index < -0.39 is 0 Å². The van der Waals surface area contributed by atoms with Gasteiger partial charge in [0.05, 0.1) is 0 Å². The lowest BCUT2D eigenvalue weighted by molar-refractivity contribution is -0.127. The Bertz CT molecular complexity index is 478. The molecule has 122 valence electrons. The number of benzene rings is 1. The number of hydrogen-bond donors (Lipinski definition) is 2. The van der Waals surface area contributed by atoms with Crippen LogP contribution in [0.25, 0.3) is 0 Å². The highest BCUT2D eigenvalue weighted by Crippen LogP contribution is 2.27. The molecule has 4 nitrogen and oxygen atoms in total. The number of nitrogens with zero attached hydrogens (tertiary/aromatic N) is 1. The van der Waals surface area contributed by atoms with E-state index in [4.69, 9.17) is 0 Å². The maximum atomic E-state index is 12.7. The Hall–Kier alpha value is -1.10. The average Bonchev–Trinajstić information content (AvgIpc) is 3.33. The van der Waals surface area contributed by atoms with E-state index in [-0.39, 0.29) is 24.4 Å². The van der Waals surface area contributed by atoms with Crippen molar-refractivity contribution in [2.45, 2.75) is 43.8 Å². The zero-order valence-electron chi connectivity index (χ0n) is 13.1. The normalized spacial score (nSPS) is 23.4. The first-order valence-electron chi connectivity index (χ1n) is 8.04. The van der Waals surface area contributed by atoms with Crippen LogP contribution in [0.1, 0.15) is 37.3 Å². The van der Waals surface area contributed by atoms with Crippen LogP contribution in [0.5, 0.6) is 0 Å². The van der Waals surface area contributed by atoms with Gasteiger partial charge in [0.25, 0.3) is 0 Å². The quantitative estimate of drug-likeness (QED) is 0.872. The summed E-state index contributed by atoms with van der Waals surface area (Å²) in [6.07, 6.45) is 4.60. The molecule has 1 aromatic rings. The second-order valence-electron chi connectivity index (χ2n) is 6.22. The third kappa shape index (κ3) is 4.22. The number of rotatable bonds is 5. The van der Waals surface area contributed by atoms with Gasteiger partial charge in [-0.1, -0.05) is 30.3 Å². The molecule has 2 N–H and O–H groups in total. The third-order valence-corrected chi connectivity index (χ3v) is 4.51. The second-order valence-corrected chi connectivity index (χ2v) is 6.22. The first kappa shape index (κ1) is 17.3. The molecule has 0 spiro atoms. The Morgan fingerprint density at radius 2 is 1.91 bits per heavy atom. The topological polar surface area (TPSA) is 44.4 Å². The van der Waals surface area contributed by atoms with Gasteiger partial charge in [-0.25, -0.2) is 0 Å². The monoisotopic (exact) mass is 323 g/mol. The molecule has 1 aliphatic carbocycles. The fourth-order valence-electron chi connectivity index (χ4n) is 3.15. The summed E-state index contributed by atoms with van der Waals surface area (Å²) >= 11 is 0. The van der Waals surface area contributed by atoms with Crippen molar-refractivity contribution in [2.75, 3.05) is 20.1 Å². The molecule has 0 aromatic heterocycles. The molecule has 22 heavy (non-hydrogen) atoms. The first-order valence-corrected chi connectivity index (χ1v) is 8.04. The lowest BCUT2D eigenvalue weighted by Gasteiger charge is -2.37. The predicted molar refractivity (Wildman–Crippen MR) is 91.3 cm³/mol. The van der Waals surface area contributed by atoms with Crippen molar-refractivity contribution in [2.24, 2.45) is 0 Å². The number of amides is 1. The molecule has 5 heteroatoms. The highest BCUT2D eigenvalue weighted by atomic mass is 35.5. The molecule has 1 heterocycles. The van der Waals surface area contributed by atoms with E-state index >= 15 is 0 Å². The summed E-state index contributed by atoms with van der Waals surface area (Å²) in [5.74, 6) is 0.167. The van der Waals surface area contributed by atoms with Crippen LogP contribution in [0.15, 0.2) is 30.3 Å². The van der Waals surface area contributed by atoms with Gasteiger partial charge >= 0.3 is 0 Å². The van der Waals surface area contributed by atoms with E-state index in [0.29, 0.717) is 12.1 Å². The predicted octanol–water partition coefficient (Wildman–Crippen LogP) is 2.11. The molecule has 1 saturated heterocycles. The summed E-state index contributed by atoms with van der Waals surface area (Å²) in [5.41, 5.74) is 1.10. The highest BCUT2D eigenvalue weighted by molar-refractivity contribution is 5.85. The van der Waals surface area contributed by atoms with Crippen molar-refractivity contribution in [1.82, 2.24) is 15.5 Å². The van der Waals surface area contributed by atoms with Gasteiger partial charge < -0.3 is 10.6 Å². The molecular formula is C17H26ClN3O. The van der Waals surface area contributed by atoms with Crippen LogP contribution in [0.3, 0.4) is 0 Å². The number of nitrogens with one attached hydrogen (secondary N) is 2. The fraction of sp³-hybridized carbons (Fsp3) is 0.588. The number of carbonyl (C=O) groups is 1. The number of halogens is 1. The van der Waals surface area contributed by atoms with Crippen LogP contribution < -0.4 is 10.6 Å². The van der Waals surface area contributed by atoms with Crippen LogP contribution in [0, 0.1) is 0 Å². The summed E-state index contributed by atoms with van der Waals surface area (Å²) in [7, 11) is 2.01. The number of likely N-dealkylation sites (tertiary alicyclic amines) is 1. The minimum Gasteiger partial charge on any atom is -0.352 e. The maximum Gasteiger partial charge on any atom is 0.242 e. The van der Waals surface area contributed by atoms with Crippen molar-refractivity contribution in [1.29, 1.82) is 0 Å². The van der Waals surface area contributed by atoms with E-state index in [9.17, 15) is 4.79 Å². The molecule has 3 rings (SSSR count). The van der Waals surface area contributed by atoms with E-state index in [1.54, 1.807) is 0 Å². The van der Waals surface area contributed by atoms with E-state index in [0.717, 1.165) is 37.9 Å². The largest absolute Gasteiger partial charge is 0.352 e. The Kier molecular flexibility index (Phi) is 6.24. The van der Waals surface area contributed by atoms with Crippen molar-refractivity contribution in [3.8, 4) is 0 Å². The van der Waals surface area contributed by atoms with Gasteiger partial charge in [-0.15, -0.1) is 12.4 Å². The minimum absolute atomic E-state index is 0. The molecule has 2 fully saturated rings. The van der Waals surface area contributed by atoms with E-state index in [1.807, 2.05) is 25.2 Å². The van der Waals surface area contributed by atoms with Gasteiger partial charge in [-0.3, -0.25) is 9.69 Å². The number of carbonyl (C=O) groups excluding carboxylic acids is 1. The number of hydrogen-bond acceptors (Lipinski definition) is 3. The van der Waals surface area contributed by atoms with Crippen LogP contribution in [-0.2, 0) is 4.79 Å². The van der Waals surface area contributed by atoms with Gasteiger partial charge in [0.2, 0.25) is 5.91 Å². The fourth-order valence-corrected chi connectivity index (χ4v) is 3.15. The lowest BCUT2D eigenvalue weighted by Crippen LogP contribution is -2.49.